The molecule has 0 aliphatic carbocycles. The summed E-state index contributed by atoms with van der Waals surface area (Å²) in [5.74, 6) is 0.604. The maximum absolute atomic E-state index is 12.1. The van der Waals surface area contributed by atoms with Crippen LogP contribution in [0.3, 0.4) is 0 Å². The minimum atomic E-state index is -0.357. The fourth-order valence-electron chi connectivity index (χ4n) is 3.02. The average molecular weight is 382 g/mol. The highest BCUT2D eigenvalue weighted by atomic mass is 16.5. The van der Waals surface area contributed by atoms with Crippen LogP contribution in [0.25, 0.3) is 0 Å². The maximum atomic E-state index is 12.1. The van der Waals surface area contributed by atoms with Crippen molar-refractivity contribution in [3.8, 4) is 0 Å². The number of nitrogens with zero attached hydrogens (tertiary/aromatic N) is 2. The summed E-state index contributed by atoms with van der Waals surface area (Å²) in [7, 11) is 0. The van der Waals surface area contributed by atoms with Gasteiger partial charge in [-0.15, -0.1) is 0 Å². The van der Waals surface area contributed by atoms with E-state index in [1.165, 1.54) is 12.8 Å². The molecule has 3 rings (SSSR count). The van der Waals surface area contributed by atoms with Crippen LogP contribution in [-0.2, 0) is 11.3 Å². The third-order valence-corrected chi connectivity index (χ3v) is 4.51. The molecule has 2 amide bonds. The van der Waals surface area contributed by atoms with Crippen molar-refractivity contribution in [1.29, 1.82) is 0 Å². The molecule has 0 spiro atoms. The number of esters is 1. The second kappa shape index (κ2) is 9.73. The molecular weight excluding hydrogens is 356 g/mol. The predicted molar refractivity (Wildman–Crippen MR) is 109 cm³/mol. The Kier molecular flexibility index (Phi) is 6.84. The molecule has 2 heterocycles. The first kappa shape index (κ1) is 19.7. The van der Waals surface area contributed by atoms with Gasteiger partial charge in [-0.2, -0.15) is 0 Å². The molecule has 1 aromatic carbocycles. The van der Waals surface area contributed by atoms with Crippen LogP contribution in [0.4, 0.5) is 16.3 Å². The van der Waals surface area contributed by atoms with Gasteiger partial charge in [0.2, 0.25) is 0 Å². The van der Waals surface area contributed by atoms with Gasteiger partial charge in [0.15, 0.2) is 0 Å². The molecule has 0 saturated carbocycles. The van der Waals surface area contributed by atoms with Crippen molar-refractivity contribution in [2.45, 2.75) is 32.7 Å². The van der Waals surface area contributed by atoms with Crippen molar-refractivity contribution in [3.63, 3.8) is 0 Å². The second-order valence-electron chi connectivity index (χ2n) is 6.74. The van der Waals surface area contributed by atoms with Crippen LogP contribution in [-0.4, -0.2) is 36.7 Å². The van der Waals surface area contributed by atoms with Crippen LogP contribution < -0.4 is 15.5 Å². The molecular formula is C21H26N4O3. The number of carbonyl (C=O) groups is 2. The van der Waals surface area contributed by atoms with Crippen LogP contribution in [0, 0.1) is 0 Å². The Morgan fingerprint density at radius 3 is 2.61 bits per heavy atom. The Hall–Kier alpha value is -3.09. The van der Waals surface area contributed by atoms with Crippen molar-refractivity contribution < 1.29 is 14.3 Å². The SMILES string of the molecule is CCCOC(=O)c1ccc(NC(=O)NCc2ccnc(N3CCCC3)c2)cc1. The molecule has 28 heavy (non-hydrogen) atoms. The number of hydrogen-bond acceptors (Lipinski definition) is 5. The number of urea groups is 1. The van der Waals surface area contributed by atoms with Crippen LogP contribution in [0.5, 0.6) is 0 Å². The number of rotatable bonds is 7. The molecule has 1 saturated heterocycles. The van der Waals surface area contributed by atoms with Gasteiger partial charge < -0.3 is 20.3 Å². The second-order valence-corrected chi connectivity index (χ2v) is 6.74. The lowest BCUT2D eigenvalue weighted by atomic mass is 10.2. The van der Waals surface area contributed by atoms with E-state index in [-0.39, 0.29) is 12.0 Å². The van der Waals surface area contributed by atoms with Crippen LogP contribution >= 0.6 is 0 Å². The van der Waals surface area contributed by atoms with Gasteiger partial charge in [0.1, 0.15) is 5.82 Å². The molecule has 0 atom stereocenters. The number of aromatic nitrogens is 1. The third kappa shape index (κ3) is 5.45. The van der Waals surface area contributed by atoms with Crippen molar-refractivity contribution in [3.05, 3.63) is 53.7 Å². The number of anilines is 2. The van der Waals surface area contributed by atoms with Crippen LogP contribution in [0.1, 0.15) is 42.1 Å². The standard InChI is InChI=1S/C21H26N4O3/c1-2-13-28-20(26)17-5-7-18(8-6-17)24-21(27)23-15-16-9-10-22-19(14-16)25-11-3-4-12-25/h5-10,14H,2-4,11-13,15H2,1H3,(H2,23,24,27). The molecule has 148 valence electrons. The summed E-state index contributed by atoms with van der Waals surface area (Å²) >= 11 is 0. The number of pyridine rings is 1. The number of nitrogens with one attached hydrogen (secondary N) is 2. The van der Waals surface area contributed by atoms with E-state index in [4.69, 9.17) is 4.74 Å². The molecule has 1 aliphatic heterocycles. The van der Waals surface area contributed by atoms with Crippen LogP contribution in [0.2, 0.25) is 0 Å². The fourth-order valence-corrected chi connectivity index (χ4v) is 3.02. The van der Waals surface area contributed by atoms with Crippen molar-refractivity contribution in [1.82, 2.24) is 10.3 Å². The molecule has 7 nitrogen and oxygen atoms in total. The van der Waals surface area contributed by atoms with Gasteiger partial charge in [-0.05, 0) is 61.2 Å². The predicted octanol–water partition coefficient (Wildman–Crippen LogP) is 3.57. The molecule has 1 aromatic heterocycles. The Labute approximate surface area is 165 Å². The Balaban J connectivity index is 1.49. The minimum absolute atomic E-state index is 0.305. The quantitative estimate of drug-likeness (QED) is 0.715. The summed E-state index contributed by atoms with van der Waals surface area (Å²) in [5, 5.41) is 5.61. The molecule has 7 heteroatoms. The molecule has 2 N–H and O–H groups in total. The van der Waals surface area contributed by atoms with Gasteiger partial charge in [0.05, 0.1) is 12.2 Å². The molecule has 0 bridgehead atoms. The van der Waals surface area contributed by atoms with Crippen molar-refractivity contribution in [2.24, 2.45) is 0 Å². The van der Waals surface area contributed by atoms with Gasteiger partial charge in [-0.3, -0.25) is 0 Å². The van der Waals surface area contributed by atoms with Crippen LogP contribution in [0.15, 0.2) is 42.6 Å². The zero-order chi connectivity index (χ0) is 19.8. The monoisotopic (exact) mass is 382 g/mol. The third-order valence-electron chi connectivity index (χ3n) is 4.51. The molecule has 0 radical (unpaired) electrons. The van der Waals surface area contributed by atoms with Gasteiger partial charge in [-0.25, -0.2) is 14.6 Å². The van der Waals surface area contributed by atoms with E-state index < -0.39 is 0 Å². The molecule has 0 unspecified atom stereocenters. The molecule has 1 aliphatic rings. The van der Waals surface area contributed by atoms with Gasteiger partial charge in [0.25, 0.3) is 0 Å². The minimum Gasteiger partial charge on any atom is -0.462 e. The molecule has 2 aromatic rings. The van der Waals surface area contributed by atoms with E-state index in [9.17, 15) is 9.59 Å². The first-order valence-corrected chi connectivity index (χ1v) is 9.67. The smallest absolute Gasteiger partial charge is 0.338 e. The summed E-state index contributed by atoms with van der Waals surface area (Å²) in [6.07, 6.45) is 4.95. The summed E-state index contributed by atoms with van der Waals surface area (Å²) in [4.78, 5) is 30.6. The highest BCUT2D eigenvalue weighted by molar-refractivity contribution is 5.92. The number of hydrogen-bond donors (Lipinski definition) is 2. The van der Waals surface area contributed by atoms with Gasteiger partial charge >= 0.3 is 12.0 Å². The number of ether oxygens (including phenoxy) is 1. The van der Waals surface area contributed by atoms with E-state index >= 15 is 0 Å². The summed E-state index contributed by atoms with van der Waals surface area (Å²) in [6.45, 7) is 4.82. The van der Waals surface area contributed by atoms with Gasteiger partial charge in [-0.1, -0.05) is 6.92 Å². The summed E-state index contributed by atoms with van der Waals surface area (Å²) in [5.41, 5.74) is 2.07. The number of carbonyl (C=O) groups excluding carboxylic acids is 2. The lowest BCUT2D eigenvalue weighted by Gasteiger charge is -2.17. The number of benzene rings is 1. The highest BCUT2D eigenvalue weighted by Gasteiger charge is 2.13. The first-order valence-electron chi connectivity index (χ1n) is 9.67. The zero-order valence-corrected chi connectivity index (χ0v) is 16.1. The van der Waals surface area contributed by atoms with E-state index in [1.807, 2.05) is 19.1 Å². The first-order chi connectivity index (χ1) is 13.7. The van der Waals surface area contributed by atoms with E-state index in [0.29, 0.717) is 24.4 Å². The largest absolute Gasteiger partial charge is 0.462 e. The summed E-state index contributed by atoms with van der Waals surface area (Å²) < 4.78 is 5.09. The number of amides is 2. The van der Waals surface area contributed by atoms with E-state index in [1.54, 1.807) is 30.5 Å². The lowest BCUT2D eigenvalue weighted by Crippen LogP contribution is -2.28. The van der Waals surface area contributed by atoms with Crippen molar-refractivity contribution >= 4 is 23.5 Å². The molecule has 1 fully saturated rings. The highest BCUT2D eigenvalue weighted by Crippen LogP contribution is 2.18. The Morgan fingerprint density at radius 2 is 1.89 bits per heavy atom. The van der Waals surface area contributed by atoms with Crippen molar-refractivity contribution in [2.75, 3.05) is 29.9 Å². The Bertz CT molecular complexity index is 802. The van der Waals surface area contributed by atoms with E-state index in [0.717, 1.165) is 30.9 Å². The normalized spacial score (nSPS) is 13.2. The van der Waals surface area contributed by atoms with Gasteiger partial charge in [0, 0.05) is 31.5 Å². The average Bonchev–Trinajstić information content (AvgIpc) is 3.26. The maximum Gasteiger partial charge on any atom is 0.338 e. The van der Waals surface area contributed by atoms with E-state index in [2.05, 4.69) is 20.5 Å². The zero-order valence-electron chi connectivity index (χ0n) is 16.1. The lowest BCUT2D eigenvalue weighted by molar-refractivity contribution is 0.0505. The fraction of sp³-hybridized carbons (Fsp3) is 0.381. The Morgan fingerprint density at radius 1 is 1.14 bits per heavy atom. The summed E-state index contributed by atoms with van der Waals surface area (Å²) in [6, 6.07) is 10.2. The topological polar surface area (TPSA) is 83.6 Å².